The second-order valence-electron chi connectivity index (χ2n) is 4.83. The topological polar surface area (TPSA) is 113 Å². The third-order valence-corrected chi connectivity index (χ3v) is 3.53. The van der Waals surface area contributed by atoms with Crippen LogP contribution >= 0.6 is 0 Å². The predicted molar refractivity (Wildman–Crippen MR) is 75.0 cm³/mol. The van der Waals surface area contributed by atoms with Crippen LogP contribution in [0.25, 0.3) is 0 Å². The van der Waals surface area contributed by atoms with E-state index < -0.39 is 23.8 Å². The second-order valence-corrected chi connectivity index (χ2v) is 4.83. The molecule has 0 spiro atoms. The van der Waals surface area contributed by atoms with Gasteiger partial charge in [0, 0.05) is 12.0 Å². The number of carbonyl (C=O) groups is 4. The Morgan fingerprint density at radius 2 is 2.14 bits per heavy atom. The number of benzene rings is 1. The van der Waals surface area contributed by atoms with Gasteiger partial charge >= 0.3 is 0 Å². The van der Waals surface area contributed by atoms with E-state index in [-0.39, 0.29) is 30.5 Å². The minimum Gasteiger partial charge on any atom is -0.295 e. The molecule has 1 atom stereocenters. The molecule has 4 amide bonds. The molecular formula is C14H13N3O5. The summed E-state index contributed by atoms with van der Waals surface area (Å²) in [6, 6.07) is 3.30. The summed E-state index contributed by atoms with van der Waals surface area (Å²) in [6.45, 7) is 1.53. The zero-order valence-corrected chi connectivity index (χ0v) is 11.7. The van der Waals surface area contributed by atoms with Crippen molar-refractivity contribution in [1.29, 1.82) is 0 Å². The maximum Gasteiger partial charge on any atom is 0.261 e. The van der Waals surface area contributed by atoms with Gasteiger partial charge in [0.05, 0.1) is 0 Å². The molecule has 22 heavy (non-hydrogen) atoms. The molecule has 2 rings (SSSR count). The Morgan fingerprint density at radius 3 is 2.73 bits per heavy atom. The standard InChI is InChI=1S/C14H13N3O5/c1-8-9(3-2-4-10(8)16-22)14(21)17(7-18)11-5-6-12(19)15-13(11)20/h2-4,7,11H,5-6H2,1H3,(H,15,19,20). The summed E-state index contributed by atoms with van der Waals surface area (Å²) in [5.74, 6) is -1.85. The molecule has 0 bridgehead atoms. The van der Waals surface area contributed by atoms with E-state index >= 15 is 0 Å². The van der Waals surface area contributed by atoms with Crippen LogP contribution in [0.1, 0.15) is 28.8 Å². The summed E-state index contributed by atoms with van der Waals surface area (Å²) < 4.78 is 0. The third-order valence-electron chi connectivity index (χ3n) is 3.53. The molecule has 0 aromatic heterocycles. The monoisotopic (exact) mass is 303 g/mol. The van der Waals surface area contributed by atoms with Crippen molar-refractivity contribution in [3.8, 4) is 0 Å². The minimum absolute atomic E-state index is 0.0446. The van der Waals surface area contributed by atoms with Gasteiger partial charge in [0.1, 0.15) is 11.7 Å². The summed E-state index contributed by atoms with van der Waals surface area (Å²) in [5.41, 5.74) is 0.510. The molecule has 8 heteroatoms. The fraction of sp³-hybridized carbons (Fsp3) is 0.286. The third kappa shape index (κ3) is 2.76. The predicted octanol–water partition coefficient (Wildman–Crippen LogP) is 0.797. The number of piperidine rings is 1. The van der Waals surface area contributed by atoms with Gasteiger partial charge in [-0.15, -0.1) is 4.91 Å². The van der Waals surface area contributed by atoms with Crippen LogP contribution < -0.4 is 5.32 Å². The first-order valence-corrected chi connectivity index (χ1v) is 6.54. The van der Waals surface area contributed by atoms with E-state index in [0.29, 0.717) is 5.56 Å². The van der Waals surface area contributed by atoms with Crippen LogP contribution in [0.4, 0.5) is 5.69 Å². The van der Waals surface area contributed by atoms with Crippen molar-refractivity contribution in [3.05, 3.63) is 34.2 Å². The number of imide groups is 2. The minimum atomic E-state index is -1.05. The molecule has 0 radical (unpaired) electrons. The average Bonchev–Trinajstić information content (AvgIpc) is 2.50. The molecular weight excluding hydrogens is 290 g/mol. The van der Waals surface area contributed by atoms with E-state index in [1.54, 1.807) is 0 Å². The number of hydrogen-bond donors (Lipinski definition) is 1. The summed E-state index contributed by atoms with van der Waals surface area (Å²) in [5, 5.41) is 4.89. The van der Waals surface area contributed by atoms with Crippen LogP contribution in [0.5, 0.6) is 0 Å². The van der Waals surface area contributed by atoms with Gasteiger partial charge < -0.3 is 0 Å². The number of nitrogens with one attached hydrogen (secondary N) is 1. The summed E-state index contributed by atoms with van der Waals surface area (Å²) >= 11 is 0. The molecule has 0 saturated carbocycles. The van der Waals surface area contributed by atoms with Crippen molar-refractivity contribution in [3.63, 3.8) is 0 Å². The smallest absolute Gasteiger partial charge is 0.261 e. The van der Waals surface area contributed by atoms with Crippen LogP contribution in [-0.4, -0.2) is 35.1 Å². The normalized spacial score (nSPS) is 17.6. The quantitative estimate of drug-likeness (QED) is 0.502. The highest BCUT2D eigenvalue weighted by Crippen LogP contribution is 2.24. The molecule has 1 aliphatic heterocycles. The fourth-order valence-corrected chi connectivity index (χ4v) is 2.30. The largest absolute Gasteiger partial charge is 0.295 e. The van der Waals surface area contributed by atoms with Gasteiger partial charge in [-0.2, -0.15) is 0 Å². The molecule has 8 nitrogen and oxygen atoms in total. The Bertz CT molecular complexity index is 670. The van der Waals surface area contributed by atoms with Crippen LogP contribution in [0.2, 0.25) is 0 Å². The molecule has 1 heterocycles. The SMILES string of the molecule is Cc1c(N=O)cccc1C(=O)N(C=O)C1CCC(=O)NC1=O. The number of hydrogen-bond acceptors (Lipinski definition) is 6. The molecule has 0 aliphatic carbocycles. The van der Waals surface area contributed by atoms with Gasteiger partial charge in [0.25, 0.3) is 5.91 Å². The molecule has 1 unspecified atom stereocenters. The van der Waals surface area contributed by atoms with Crippen molar-refractivity contribution in [2.24, 2.45) is 5.18 Å². The van der Waals surface area contributed by atoms with E-state index in [4.69, 9.17) is 0 Å². The van der Waals surface area contributed by atoms with Crippen LogP contribution in [0.15, 0.2) is 23.4 Å². The van der Waals surface area contributed by atoms with Crippen molar-refractivity contribution >= 4 is 29.8 Å². The fourth-order valence-electron chi connectivity index (χ4n) is 2.30. The molecule has 1 fully saturated rings. The van der Waals surface area contributed by atoms with Crippen molar-refractivity contribution in [2.45, 2.75) is 25.8 Å². The summed E-state index contributed by atoms with van der Waals surface area (Å²) in [6.07, 6.45) is 0.367. The Kier molecular flexibility index (Phi) is 4.40. The van der Waals surface area contributed by atoms with Gasteiger partial charge in [-0.05, 0) is 36.2 Å². The highest BCUT2D eigenvalue weighted by molar-refractivity contribution is 6.07. The lowest BCUT2D eigenvalue weighted by Gasteiger charge is -2.28. The zero-order valence-electron chi connectivity index (χ0n) is 11.7. The molecule has 1 N–H and O–H groups in total. The number of nitrogens with zero attached hydrogens (tertiary/aromatic N) is 2. The van der Waals surface area contributed by atoms with Crippen LogP contribution in [0.3, 0.4) is 0 Å². The van der Waals surface area contributed by atoms with E-state index in [1.165, 1.54) is 25.1 Å². The van der Waals surface area contributed by atoms with Crippen molar-refractivity contribution in [1.82, 2.24) is 10.2 Å². The number of nitroso groups, excluding NO2 is 1. The lowest BCUT2D eigenvalue weighted by Crippen LogP contribution is -2.53. The van der Waals surface area contributed by atoms with Crippen LogP contribution in [0, 0.1) is 11.8 Å². The van der Waals surface area contributed by atoms with Crippen LogP contribution in [-0.2, 0) is 14.4 Å². The molecule has 1 saturated heterocycles. The number of carbonyl (C=O) groups excluding carboxylic acids is 4. The van der Waals surface area contributed by atoms with Gasteiger partial charge in [0.15, 0.2) is 0 Å². The van der Waals surface area contributed by atoms with Gasteiger partial charge in [-0.25, -0.2) is 0 Å². The maximum atomic E-state index is 12.5. The molecule has 114 valence electrons. The zero-order chi connectivity index (χ0) is 16.3. The first-order chi connectivity index (χ1) is 10.5. The highest BCUT2D eigenvalue weighted by Gasteiger charge is 2.35. The Morgan fingerprint density at radius 1 is 1.41 bits per heavy atom. The highest BCUT2D eigenvalue weighted by atomic mass is 16.3. The Hall–Kier alpha value is -2.90. The second kappa shape index (κ2) is 6.25. The van der Waals surface area contributed by atoms with Crippen molar-refractivity contribution in [2.75, 3.05) is 0 Å². The Labute approximate surface area is 125 Å². The van der Waals surface area contributed by atoms with Crippen molar-refractivity contribution < 1.29 is 19.2 Å². The first kappa shape index (κ1) is 15.5. The molecule has 1 aliphatic rings. The van der Waals surface area contributed by atoms with Gasteiger partial charge in [0.2, 0.25) is 18.2 Å². The number of amides is 4. The summed E-state index contributed by atoms with van der Waals surface area (Å²) in [4.78, 5) is 58.1. The van der Waals surface area contributed by atoms with Gasteiger partial charge in [-0.3, -0.25) is 29.4 Å². The van der Waals surface area contributed by atoms with E-state index in [9.17, 15) is 24.1 Å². The lowest BCUT2D eigenvalue weighted by atomic mass is 10.0. The molecule has 1 aromatic rings. The van der Waals surface area contributed by atoms with E-state index in [0.717, 1.165) is 4.90 Å². The first-order valence-electron chi connectivity index (χ1n) is 6.54. The average molecular weight is 303 g/mol. The van der Waals surface area contributed by atoms with E-state index in [1.807, 2.05) is 0 Å². The summed E-state index contributed by atoms with van der Waals surface area (Å²) in [7, 11) is 0. The lowest BCUT2D eigenvalue weighted by molar-refractivity contribution is -0.139. The maximum absolute atomic E-state index is 12.5. The van der Waals surface area contributed by atoms with E-state index in [2.05, 4.69) is 10.5 Å². The molecule has 1 aromatic carbocycles. The Balaban J connectivity index is 2.34. The number of rotatable bonds is 4. The van der Waals surface area contributed by atoms with Gasteiger partial charge in [-0.1, -0.05) is 6.07 Å².